The van der Waals surface area contributed by atoms with Crippen molar-refractivity contribution in [3.05, 3.63) is 59.7 Å². The average molecular weight is 365 g/mol. The largest absolute Gasteiger partial charge is 0.384 e. The number of allylic oxidation sites excluding steroid dienone is 3. The molecule has 1 aliphatic carbocycles. The van der Waals surface area contributed by atoms with Gasteiger partial charge in [-0.3, -0.25) is 0 Å². The van der Waals surface area contributed by atoms with Crippen LogP contribution in [-0.2, 0) is 0 Å². The molecule has 0 heterocycles. The Bertz CT molecular complexity index is 549. The molecule has 0 fully saturated rings. The molecule has 1 aromatic rings. The summed E-state index contributed by atoms with van der Waals surface area (Å²) in [5, 5.41) is 10.2. The molecule has 0 amide bonds. The van der Waals surface area contributed by atoms with Gasteiger partial charge in [-0.25, -0.2) is 0 Å². The standard InChI is InChI=1S/C15H13BrF4O/c16-15(19,20)14(17,18)12-9-5-4-8-11(12)13(21)10-6-2-1-3-7-10/h1-8,12-13,21H,9H2. The van der Waals surface area contributed by atoms with Gasteiger partial charge in [0.15, 0.2) is 0 Å². The first-order valence-electron chi connectivity index (χ1n) is 6.29. The summed E-state index contributed by atoms with van der Waals surface area (Å²) < 4.78 is 54.2. The Morgan fingerprint density at radius 2 is 1.76 bits per heavy atom. The minimum Gasteiger partial charge on any atom is -0.384 e. The lowest BCUT2D eigenvalue weighted by Crippen LogP contribution is -2.44. The number of benzene rings is 1. The van der Waals surface area contributed by atoms with Crippen LogP contribution in [0.15, 0.2) is 54.1 Å². The molecule has 2 rings (SSSR count). The SMILES string of the molecule is OC(C1=CC=CCC1C(F)(F)C(F)(F)Br)c1ccccc1. The summed E-state index contributed by atoms with van der Waals surface area (Å²) in [5.74, 6) is -6.08. The van der Waals surface area contributed by atoms with Crippen LogP contribution < -0.4 is 0 Å². The van der Waals surface area contributed by atoms with Gasteiger partial charge in [0, 0.05) is 0 Å². The molecule has 6 heteroatoms. The third-order valence-corrected chi connectivity index (χ3v) is 3.97. The van der Waals surface area contributed by atoms with Crippen molar-refractivity contribution in [1.82, 2.24) is 0 Å². The Hall–Kier alpha value is -1.14. The molecule has 0 aromatic heterocycles. The summed E-state index contributed by atoms with van der Waals surface area (Å²) in [6.07, 6.45) is 2.54. The lowest BCUT2D eigenvalue weighted by molar-refractivity contribution is -0.175. The van der Waals surface area contributed by atoms with Gasteiger partial charge in [-0.2, -0.15) is 17.6 Å². The fourth-order valence-electron chi connectivity index (χ4n) is 2.31. The Balaban J connectivity index is 2.36. The smallest absolute Gasteiger partial charge is 0.364 e. The first-order chi connectivity index (χ1) is 9.75. The van der Waals surface area contributed by atoms with Gasteiger partial charge in [-0.15, -0.1) is 0 Å². The summed E-state index contributed by atoms with van der Waals surface area (Å²) in [6.45, 7) is 0. The summed E-state index contributed by atoms with van der Waals surface area (Å²) in [6, 6.07) is 8.12. The van der Waals surface area contributed by atoms with E-state index in [9.17, 15) is 22.7 Å². The molecule has 2 atom stereocenters. The molecule has 0 radical (unpaired) electrons. The van der Waals surface area contributed by atoms with Crippen molar-refractivity contribution >= 4 is 15.9 Å². The Labute approximate surface area is 128 Å². The summed E-state index contributed by atoms with van der Waals surface area (Å²) in [5.41, 5.74) is 0.269. The van der Waals surface area contributed by atoms with E-state index in [2.05, 4.69) is 0 Å². The predicted octanol–water partition coefficient (Wildman–Crippen LogP) is 4.85. The quantitative estimate of drug-likeness (QED) is 0.598. The van der Waals surface area contributed by atoms with Gasteiger partial charge in [-0.05, 0) is 33.5 Å². The molecular formula is C15H13BrF4O. The van der Waals surface area contributed by atoms with Crippen molar-refractivity contribution in [3.63, 3.8) is 0 Å². The van der Waals surface area contributed by atoms with Crippen LogP contribution >= 0.6 is 15.9 Å². The first-order valence-corrected chi connectivity index (χ1v) is 7.08. The van der Waals surface area contributed by atoms with E-state index in [1.807, 2.05) is 0 Å². The van der Waals surface area contributed by atoms with Crippen LogP contribution in [0.4, 0.5) is 17.6 Å². The van der Waals surface area contributed by atoms with E-state index < -0.39 is 22.8 Å². The summed E-state index contributed by atoms with van der Waals surface area (Å²) in [4.78, 5) is -4.34. The molecule has 0 bridgehead atoms. The molecule has 114 valence electrons. The minimum absolute atomic E-state index is 0.118. The summed E-state index contributed by atoms with van der Waals surface area (Å²) >= 11 is 1.75. The Morgan fingerprint density at radius 3 is 2.33 bits per heavy atom. The van der Waals surface area contributed by atoms with Crippen LogP contribution in [0.25, 0.3) is 0 Å². The highest BCUT2D eigenvalue weighted by atomic mass is 79.9. The zero-order valence-electron chi connectivity index (χ0n) is 10.8. The van der Waals surface area contributed by atoms with Crippen LogP contribution in [0.2, 0.25) is 0 Å². The van der Waals surface area contributed by atoms with Crippen molar-refractivity contribution in [2.45, 2.75) is 23.3 Å². The van der Waals surface area contributed by atoms with E-state index in [0.717, 1.165) is 0 Å². The van der Waals surface area contributed by atoms with Crippen molar-refractivity contribution in [2.75, 3.05) is 0 Å². The van der Waals surface area contributed by atoms with E-state index in [4.69, 9.17) is 0 Å². The van der Waals surface area contributed by atoms with E-state index in [1.165, 1.54) is 18.2 Å². The third-order valence-electron chi connectivity index (χ3n) is 3.45. The first kappa shape index (κ1) is 16.2. The van der Waals surface area contributed by atoms with Gasteiger partial charge in [0.1, 0.15) is 6.10 Å². The number of hydrogen-bond donors (Lipinski definition) is 1. The van der Waals surface area contributed by atoms with Crippen LogP contribution in [0.1, 0.15) is 18.1 Å². The van der Waals surface area contributed by atoms with Crippen LogP contribution in [0, 0.1) is 5.92 Å². The molecule has 0 saturated carbocycles. The maximum absolute atomic E-state index is 14.0. The molecular weight excluding hydrogens is 352 g/mol. The molecule has 21 heavy (non-hydrogen) atoms. The van der Waals surface area contributed by atoms with Gasteiger partial charge in [-0.1, -0.05) is 48.6 Å². The van der Waals surface area contributed by atoms with Crippen LogP contribution in [-0.4, -0.2) is 15.9 Å². The monoisotopic (exact) mass is 364 g/mol. The number of aliphatic hydroxyl groups is 1. The number of alkyl halides is 5. The van der Waals surface area contributed by atoms with E-state index >= 15 is 0 Å². The minimum atomic E-state index is -4.34. The normalized spacial score (nSPS) is 21.0. The number of rotatable bonds is 4. The van der Waals surface area contributed by atoms with Gasteiger partial charge < -0.3 is 5.11 Å². The fraction of sp³-hybridized carbons (Fsp3) is 0.333. The second-order valence-corrected chi connectivity index (χ2v) is 5.81. The molecule has 2 unspecified atom stereocenters. The van der Waals surface area contributed by atoms with Crippen molar-refractivity contribution in [1.29, 1.82) is 0 Å². The van der Waals surface area contributed by atoms with Gasteiger partial charge >= 0.3 is 10.8 Å². The maximum atomic E-state index is 14.0. The van der Waals surface area contributed by atoms with Crippen LogP contribution in [0.3, 0.4) is 0 Å². The van der Waals surface area contributed by atoms with E-state index in [0.29, 0.717) is 5.56 Å². The van der Waals surface area contributed by atoms with E-state index in [-0.39, 0.29) is 12.0 Å². The fourth-order valence-corrected chi connectivity index (χ4v) is 2.59. The highest BCUT2D eigenvalue weighted by molar-refractivity contribution is 9.10. The van der Waals surface area contributed by atoms with Crippen molar-refractivity contribution in [2.24, 2.45) is 5.92 Å². The lowest BCUT2D eigenvalue weighted by atomic mass is 9.81. The average Bonchev–Trinajstić information content (AvgIpc) is 2.46. The molecule has 1 nitrogen and oxygen atoms in total. The highest BCUT2D eigenvalue weighted by Gasteiger charge is 2.60. The molecule has 0 saturated heterocycles. The van der Waals surface area contributed by atoms with Crippen molar-refractivity contribution < 1.29 is 22.7 Å². The van der Waals surface area contributed by atoms with E-state index in [1.54, 1.807) is 46.3 Å². The molecule has 1 aliphatic rings. The Kier molecular flexibility index (Phi) is 4.58. The second kappa shape index (κ2) is 5.93. The summed E-state index contributed by atoms with van der Waals surface area (Å²) in [7, 11) is 0. The topological polar surface area (TPSA) is 20.2 Å². The van der Waals surface area contributed by atoms with Crippen molar-refractivity contribution in [3.8, 4) is 0 Å². The third kappa shape index (κ3) is 3.21. The molecule has 1 N–H and O–H groups in total. The molecule has 1 aromatic carbocycles. The molecule has 0 spiro atoms. The lowest BCUT2D eigenvalue weighted by Gasteiger charge is -2.34. The zero-order valence-corrected chi connectivity index (χ0v) is 12.4. The number of aliphatic hydroxyl groups excluding tert-OH is 1. The van der Waals surface area contributed by atoms with Gasteiger partial charge in [0.2, 0.25) is 0 Å². The molecule has 0 aliphatic heterocycles. The number of halogens is 5. The zero-order chi connectivity index (χ0) is 15.7. The predicted molar refractivity (Wildman–Crippen MR) is 75.6 cm³/mol. The van der Waals surface area contributed by atoms with Gasteiger partial charge in [0.25, 0.3) is 0 Å². The maximum Gasteiger partial charge on any atom is 0.364 e. The number of hydrogen-bond acceptors (Lipinski definition) is 1. The van der Waals surface area contributed by atoms with Gasteiger partial charge in [0.05, 0.1) is 5.92 Å². The Morgan fingerprint density at radius 1 is 1.14 bits per heavy atom. The highest BCUT2D eigenvalue weighted by Crippen LogP contribution is 2.50. The second-order valence-electron chi connectivity index (χ2n) is 4.82. The van der Waals surface area contributed by atoms with Crippen LogP contribution in [0.5, 0.6) is 0 Å².